The topological polar surface area (TPSA) is 72.2 Å². The fraction of sp³-hybridized carbons (Fsp3) is 0.429. The highest BCUT2D eigenvalue weighted by Crippen LogP contribution is 2.41. The van der Waals surface area contributed by atoms with E-state index in [1.807, 2.05) is 44.1 Å². The van der Waals surface area contributed by atoms with E-state index in [2.05, 4.69) is 13.8 Å². The van der Waals surface area contributed by atoms with Crippen molar-refractivity contribution in [3.8, 4) is 11.5 Å². The monoisotopic (exact) mass is 512 g/mol. The van der Waals surface area contributed by atoms with Gasteiger partial charge in [0.05, 0.1) is 30.2 Å². The van der Waals surface area contributed by atoms with Gasteiger partial charge in [0.1, 0.15) is 5.58 Å². The molecule has 1 aliphatic rings. The first-order valence-electron chi connectivity index (χ1n) is 12.3. The molecule has 2 aromatic carbocycles. The Bertz CT molecular complexity index is 1320. The van der Waals surface area contributed by atoms with Crippen LogP contribution in [0, 0.1) is 5.92 Å². The summed E-state index contributed by atoms with van der Waals surface area (Å²) < 4.78 is 17.9. The van der Waals surface area contributed by atoms with Gasteiger partial charge in [-0.15, -0.1) is 0 Å². The Morgan fingerprint density at radius 3 is 2.56 bits per heavy atom. The number of hydrogen-bond donors (Lipinski definition) is 0. The first kappa shape index (κ1) is 26.0. The lowest BCUT2D eigenvalue weighted by Gasteiger charge is -2.27. The fourth-order valence-electron chi connectivity index (χ4n) is 4.36. The van der Waals surface area contributed by atoms with Gasteiger partial charge in [0.25, 0.3) is 5.91 Å². The summed E-state index contributed by atoms with van der Waals surface area (Å²) in [5.41, 5.74) is 1.17. The summed E-state index contributed by atoms with van der Waals surface area (Å²) in [5.74, 6) is 1.52. The second-order valence-corrected chi connectivity index (χ2v) is 10.1. The highest BCUT2D eigenvalue weighted by Gasteiger charge is 2.42. The molecule has 8 heteroatoms. The van der Waals surface area contributed by atoms with Crippen molar-refractivity contribution in [2.45, 2.75) is 33.2 Å². The van der Waals surface area contributed by atoms with Crippen LogP contribution in [0.1, 0.15) is 54.9 Å². The molecule has 0 saturated carbocycles. The van der Waals surface area contributed by atoms with Crippen LogP contribution in [0.15, 0.2) is 45.6 Å². The van der Waals surface area contributed by atoms with Gasteiger partial charge in [0, 0.05) is 18.1 Å². The van der Waals surface area contributed by atoms with Crippen LogP contribution < -0.4 is 14.9 Å². The summed E-state index contributed by atoms with van der Waals surface area (Å²) in [6.07, 6.45) is 0.923. The van der Waals surface area contributed by atoms with Gasteiger partial charge >= 0.3 is 0 Å². The van der Waals surface area contributed by atoms with Gasteiger partial charge in [-0.2, -0.15) is 0 Å². The molecule has 7 nitrogen and oxygen atoms in total. The molecule has 1 atom stereocenters. The lowest BCUT2D eigenvalue weighted by molar-refractivity contribution is 0.0716. The van der Waals surface area contributed by atoms with Crippen molar-refractivity contribution in [1.29, 1.82) is 0 Å². The second-order valence-electron chi connectivity index (χ2n) is 9.69. The number of ether oxygens (including phenoxy) is 2. The fourth-order valence-corrected chi connectivity index (χ4v) is 4.54. The Kier molecular flexibility index (Phi) is 7.91. The maximum absolute atomic E-state index is 13.7. The van der Waals surface area contributed by atoms with Gasteiger partial charge in [0.2, 0.25) is 5.76 Å². The van der Waals surface area contributed by atoms with Crippen molar-refractivity contribution in [3.63, 3.8) is 0 Å². The molecule has 1 unspecified atom stereocenters. The van der Waals surface area contributed by atoms with Gasteiger partial charge in [-0.3, -0.25) is 9.59 Å². The summed E-state index contributed by atoms with van der Waals surface area (Å²) in [6.45, 7) is 8.29. The number of carbonyl (C=O) groups excluding carboxylic acids is 1. The van der Waals surface area contributed by atoms with Crippen LogP contribution in [0.3, 0.4) is 0 Å². The molecule has 1 aromatic heterocycles. The smallest absolute Gasteiger partial charge is 0.290 e. The zero-order chi connectivity index (χ0) is 26.0. The molecule has 0 aliphatic carbocycles. The van der Waals surface area contributed by atoms with Gasteiger partial charge in [-0.05, 0) is 69.3 Å². The number of hydrogen-bond acceptors (Lipinski definition) is 6. The van der Waals surface area contributed by atoms with Crippen LogP contribution in [-0.2, 0) is 0 Å². The normalized spacial score (nSPS) is 15.3. The maximum Gasteiger partial charge on any atom is 0.290 e. The third-order valence-electron chi connectivity index (χ3n) is 6.25. The molecule has 0 radical (unpaired) electrons. The van der Waals surface area contributed by atoms with Crippen molar-refractivity contribution in [2.24, 2.45) is 5.92 Å². The summed E-state index contributed by atoms with van der Waals surface area (Å²) in [7, 11) is 3.89. The minimum absolute atomic E-state index is 0.0776. The Morgan fingerprint density at radius 2 is 1.86 bits per heavy atom. The zero-order valence-corrected chi connectivity index (χ0v) is 22.2. The van der Waals surface area contributed by atoms with E-state index in [9.17, 15) is 9.59 Å². The molecule has 1 amide bonds. The standard InChI is InChI=1S/C28H33ClN2O5/c1-6-34-23-15-18(7-9-22(23)35-14-11-17(2)3)25-24-26(32)20-16-19(29)8-10-21(20)36-27(24)28(33)31(25)13-12-30(4)5/h7-10,15-17,25H,6,11-14H2,1-5H3. The first-order valence-corrected chi connectivity index (χ1v) is 12.7. The minimum Gasteiger partial charge on any atom is -0.490 e. The molecular formula is C28H33ClN2O5. The predicted molar refractivity (Wildman–Crippen MR) is 141 cm³/mol. The molecular weight excluding hydrogens is 480 g/mol. The number of carbonyl (C=O) groups is 1. The Morgan fingerprint density at radius 1 is 1.08 bits per heavy atom. The minimum atomic E-state index is -0.615. The number of likely N-dealkylation sites (N-methyl/N-ethyl adjacent to an activating group) is 1. The van der Waals surface area contributed by atoms with E-state index < -0.39 is 6.04 Å². The van der Waals surface area contributed by atoms with Gasteiger partial charge in [-0.25, -0.2) is 0 Å². The number of benzene rings is 2. The number of fused-ring (bicyclic) bond motifs is 2. The molecule has 0 fully saturated rings. The van der Waals surface area contributed by atoms with E-state index in [1.165, 1.54) is 0 Å². The van der Waals surface area contributed by atoms with Crippen molar-refractivity contribution in [2.75, 3.05) is 40.4 Å². The lowest BCUT2D eigenvalue weighted by atomic mass is 9.98. The SMILES string of the molecule is CCOc1cc(C2c3c(oc4ccc(Cl)cc4c3=O)C(=O)N2CCN(C)C)ccc1OCCC(C)C. The lowest BCUT2D eigenvalue weighted by Crippen LogP contribution is -2.35. The number of halogens is 1. The molecule has 2 heterocycles. The molecule has 0 spiro atoms. The maximum atomic E-state index is 13.7. The van der Waals surface area contributed by atoms with Crippen molar-refractivity contribution in [3.05, 3.63) is 68.5 Å². The van der Waals surface area contributed by atoms with E-state index in [-0.39, 0.29) is 17.1 Å². The summed E-state index contributed by atoms with van der Waals surface area (Å²) in [5, 5.41) is 0.786. The third kappa shape index (κ3) is 5.22. The third-order valence-corrected chi connectivity index (χ3v) is 6.49. The van der Waals surface area contributed by atoms with E-state index in [1.54, 1.807) is 23.1 Å². The van der Waals surface area contributed by atoms with E-state index in [4.69, 9.17) is 25.5 Å². The summed E-state index contributed by atoms with van der Waals surface area (Å²) in [4.78, 5) is 30.9. The number of rotatable bonds is 10. The van der Waals surface area contributed by atoms with Crippen LogP contribution in [0.2, 0.25) is 5.02 Å². The molecule has 4 rings (SSSR count). The molecule has 0 N–H and O–H groups in total. The molecule has 3 aromatic rings. The van der Waals surface area contributed by atoms with E-state index in [0.29, 0.717) is 65.3 Å². The van der Waals surface area contributed by atoms with Gasteiger partial charge in [0.15, 0.2) is 16.9 Å². The first-order chi connectivity index (χ1) is 17.2. The molecule has 36 heavy (non-hydrogen) atoms. The molecule has 1 aliphatic heterocycles. The highest BCUT2D eigenvalue weighted by molar-refractivity contribution is 6.31. The number of amides is 1. The van der Waals surface area contributed by atoms with E-state index in [0.717, 1.165) is 12.0 Å². The quantitative estimate of drug-likeness (QED) is 0.363. The second kappa shape index (κ2) is 10.9. The van der Waals surface area contributed by atoms with E-state index >= 15 is 0 Å². The van der Waals surface area contributed by atoms with Crippen molar-refractivity contribution in [1.82, 2.24) is 9.80 Å². The largest absolute Gasteiger partial charge is 0.490 e. The predicted octanol–water partition coefficient (Wildman–Crippen LogP) is 5.38. The number of nitrogens with zero attached hydrogens (tertiary/aromatic N) is 2. The average Bonchev–Trinajstić information content (AvgIpc) is 3.11. The van der Waals surface area contributed by atoms with Gasteiger partial charge < -0.3 is 23.7 Å². The van der Waals surface area contributed by atoms with Crippen LogP contribution in [0.5, 0.6) is 11.5 Å². The molecule has 192 valence electrons. The zero-order valence-electron chi connectivity index (χ0n) is 21.5. The van der Waals surface area contributed by atoms with Crippen LogP contribution >= 0.6 is 11.6 Å². The Balaban J connectivity index is 1.83. The van der Waals surface area contributed by atoms with Gasteiger partial charge in [-0.1, -0.05) is 31.5 Å². The molecule has 0 bridgehead atoms. The van der Waals surface area contributed by atoms with Crippen LogP contribution in [0.4, 0.5) is 0 Å². The van der Waals surface area contributed by atoms with Crippen LogP contribution in [0.25, 0.3) is 11.0 Å². The van der Waals surface area contributed by atoms with Crippen molar-refractivity contribution >= 4 is 28.5 Å². The summed E-state index contributed by atoms with van der Waals surface area (Å²) in [6, 6.07) is 9.86. The average molecular weight is 513 g/mol. The summed E-state index contributed by atoms with van der Waals surface area (Å²) >= 11 is 6.18. The van der Waals surface area contributed by atoms with Crippen molar-refractivity contribution < 1.29 is 18.7 Å². The highest BCUT2D eigenvalue weighted by atomic mass is 35.5. The Labute approximate surface area is 216 Å². The van der Waals surface area contributed by atoms with Crippen LogP contribution in [-0.4, -0.2) is 56.1 Å². The Hall–Kier alpha value is -3.03. The molecule has 0 saturated heterocycles.